The summed E-state index contributed by atoms with van der Waals surface area (Å²) in [5.74, 6) is 0.460. The summed E-state index contributed by atoms with van der Waals surface area (Å²) in [6, 6.07) is 3.00. The molecule has 1 aromatic rings. The molecule has 18 heavy (non-hydrogen) atoms. The van der Waals surface area contributed by atoms with E-state index in [4.69, 9.17) is 17.3 Å². The van der Waals surface area contributed by atoms with Crippen molar-refractivity contribution in [2.45, 2.75) is 31.1 Å². The molecule has 4 nitrogen and oxygen atoms in total. The van der Waals surface area contributed by atoms with E-state index in [2.05, 4.69) is 4.72 Å². The second-order valence-corrected chi connectivity index (χ2v) is 6.93. The number of hydrogen-bond donors (Lipinski definition) is 2. The first-order valence-corrected chi connectivity index (χ1v) is 7.81. The maximum absolute atomic E-state index is 12.1. The molecule has 0 unspecified atom stereocenters. The molecular formula is C12H17ClN2O2S. The van der Waals surface area contributed by atoms with Gasteiger partial charge in [0.05, 0.1) is 5.02 Å². The van der Waals surface area contributed by atoms with Gasteiger partial charge in [-0.15, -0.1) is 0 Å². The summed E-state index contributed by atoms with van der Waals surface area (Å²) < 4.78 is 26.8. The van der Waals surface area contributed by atoms with Crippen molar-refractivity contribution < 1.29 is 8.42 Å². The fourth-order valence-electron chi connectivity index (χ4n) is 1.88. The zero-order valence-electron chi connectivity index (χ0n) is 10.2. The first-order chi connectivity index (χ1) is 8.40. The van der Waals surface area contributed by atoms with Gasteiger partial charge in [-0.3, -0.25) is 0 Å². The van der Waals surface area contributed by atoms with Gasteiger partial charge in [-0.05, 0) is 43.4 Å². The highest BCUT2D eigenvalue weighted by Crippen LogP contribution is 2.28. The lowest BCUT2D eigenvalue weighted by atomic mass is 9.86. The van der Waals surface area contributed by atoms with E-state index in [1.54, 1.807) is 13.0 Å². The van der Waals surface area contributed by atoms with Crippen LogP contribution >= 0.6 is 11.6 Å². The third kappa shape index (κ3) is 2.79. The maximum atomic E-state index is 12.1. The second kappa shape index (κ2) is 5.07. The summed E-state index contributed by atoms with van der Waals surface area (Å²) in [5.41, 5.74) is 6.94. The normalized spacial score (nSPS) is 16.6. The van der Waals surface area contributed by atoms with Crippen LogP contribution in [-0.4, -0.2) is 15.0 Å². The number of halogens is 1. The Morgan fingerprint density at radius 2 is 2.11 bits per heavy atom. The fraction of sp³-hybridized carbons (Fsp3) is 0.500. The molecule has 3 N–H and O–H groups in total. The van der Waals surface area contributed by atoms with Gasteiger partial charge in [0.15, 0.2) is 0 Å². The van der Waals surface area contributed by atoms with Gasteiger partial charge in [0.1, 0.15) is 4.90 Å². The molecule has 1 aliphatic carbocycles. The van der Waals surface area contributed by atoms with Gasteiger partial charge in [-0.2, -0.15) is 0 Å². The number of hydrogen-bond acceptors (Lipinski definition) is 3. The minimum absolute atomic E-state index is 0.0617. The Hall–Kier alpha value is -0.780. The van der Waals surface area contributed by atoms with Gasteiger partial charge in [0.2, 0.25) is 10.0 Å². The van der Waals surface area contributed by atoms with Crippen molar-refractivity contribution in [1.29, 1.82) is 0 Å². The molecule has 0 bridgehead atoms. The van der Waals surface area contributed by atoms with Gasteiger partial charge in [0, 0.05) is 12.2 Å². The number of rotatable bonds is 4. The highest BCUT2D eigenvalue weighted by Gasteiger charge is 2.23. The second-order valence-electron chi connectivity index (χ2n) is 4.79. The average Bonchev–Trinajstić information content (AvgIpc) is 2.20. The number of nitrogens with one attached hydrogen (secondary N) is 1. The zero-order chi connectivity index (χ0) is 13.3. The van der Waals surface area contributed by atoms with E-state index < -0.39 is 10.0 Å². The number of sulfonamides is 1. The predicted octanol–water partition coefficient (Wildman–Crippen LogP) is 2.31. The summed E-state index contributed by atoms with van der Waals surface area (Å²) >= 11 is 5.97. The molecule has 1 saturated carbocycles. The maximum Gasteiger partial charge on any atom is 0.242 e. The highest BCUT2D eigenvalue weighted by molar-refractivity contribution is 7.89. The molecule has 0 amide bonds. The van der Waals surface area contributed by atoms with Crippen LogP contribution in [0.3, 0.4) is 0 Å². The largest absolute Gasteiger partial charge is 0.398 e. The van der Waals surface area contributed by atoms with Gasteiger partial charge >= 0.3 is 0 Å². The van der Waals surface area contributed by atoms with Crippen molar-refractivity contribution in [3.8, 4) is 0 Å². The van der Waals surface area contributed by atoms with Crippen LogP contribution in [0.25, 0.3) is 0 Å². The summed E-state index contributed by atoms with van der Waals surface area (Å²) in [6.45, 7) is 2.27. The van der Waals surface area contributed by atoms with E-state index >= 15 is 0 Å². The molecule has 1 aliphatic rings. The summed E-state index contributed by atoms with van der Waals surface area (Å²) in [4.78, 5) is 0.0617. The Morgan fingerprint density at radius 3 is 2.67 bits per heavy atom. The summed E-state index contributed by atoms with van der Waals surface area (Å²) in [7, 11) is -3.56. The number of benzene rings is 1. The lowest BCUT2D eigenvalue weighted by Crippen LogP contribution is -2.32. The Labute approximate surface area is 113 Å². The minimum Gasteiger partial charge on any atom is -0.398 e. The molecule has 0 saturated heterocycles. The lowest BCUT2D eigenvalue weighted by molar-refractivity contribution is 0.316. The molecule has 100 valence electrons. The van der Waals surface area contributed by atoms with E-state index in [9.17, 15) is 8.42 Å². The predicted molar refractivity (Wildman–Crippen MR) is 73.1 cm³/mol. The number of nitrogens with two attached hydrogens (primary N) is 1. The monoisotopic (exact) mass is 288 g/mol. The molecular weight excluding hydrogens is 272 g/mol. The average molecular weight is 289 g/mol. The Bertz CT molecular complexity index is 553. The Morgan fingerprint density at radius 1 is 1.44 bits per heavy atom. The SMILES string of the molecule is Cc1cc(Cl)c(S(=O)(=O)NCC2CCC2)cc1N. The highest BCUT2D eigenvalue weighted by atomic mass is 35.5. The van der Waals surface area contributed by atoms with Crippen LogP contribution in [0.5, 0.6) is 0 Å². The quantitative estimate of drug-likeness (QED) is 0.835. The first-order valence-electron chi connectivity index (χ1n) is 5.95. The number of aryl methyl sites for hydroxylation is 1. The molecule has 6 heteroatoms. The third-order valence-corrected chi connectivity index (χ3v) is 5.29. The van der Waals surface area contributed by atoms with Crippen LogP contribution in [0.4, 0.5) is 5.69 Å². The molecule has 0 atom stereocenters. The van der Waals surface area contributed by atoms with Crippen LogP contribution in [0, 0.1) is 12.8 Å². The van der Waals surface area contributed by atoms with Crippen LogP contribution in [-0.2, 0) is 10.0 Å². The van der Waals surface area contributed by atoms with E-state index in [-0.39, 0.29) is 9.92 Å². The van der Waals surface area contributed by atoms with Gasteiger partial charge < -0.3 is 5.73 Å². The first kappa shape index (κ1) is 13.6. The van der Waals surface area contributed by atoms with Crippen molar-refractivity contribution >= 4 is 27.3 Å². The Kier molecular flexibility index (Phi) is 3.84. The van der Waals surface area contributed by atoms with E-state index in [0.717, 1.165) is 18.4 Å². The molecule has 2 rings (SSSR count). The molecule has 0 heterocycles. The molecule has 0 aromatic heterocycles. The minimum atomic E-state index is -3.56. The van der Waals surface area contributed by atoms with E-state index in [1.165, 1.54) is 12.5 Å². The van der Waals surface area contributed by atoms with Crippen molar-refractivity contribution in [1.82, 2.24) is 4.72 Å². The summed E-state index contributed by atoms with van der Waals surface area (Å²) in [5, 5.41) is 0.211. The Balaban J connectivity index is 2.20. The van der Waals surface area contributed by atoms with Crippen LogP contribution in [0.1, 0.15) is 24.8 Å². The van der Waals surface area contributed by atoms with Crippen molar-refractivity contribution in [2.24, 2.45) is 5.92 Å². The molecule has 1 fully saturated rings. The van der Waals surface area contributed by atoms with Gasteiger partial charge in [0.25, 0.3) is 0 Å². The van der Waals surface area contributed by atoms with Crippen LogP contribution < -0.4 is 10.5 Å². The topological polar surface area (TPSA) is 72.2 Å². The van der Waals surface area contributed by atoms with E-state index in [1.807, 2.05) is 0 Å². The molecule has 0 aliphatic heterocycles. The van der Waals surface area contributed by atoms with Crippen molar-refractivity contribution in [3.05, 3.63) is 22.7 Å². The van der Waals surface area contributed by atoms with Crippen molar-refractivity contribution in [3.63, 3.8) is 0 Å². The molecule has 0 spiro atoms. The number of nitrogen functional groups attached to an aromatic ring is 1. The third-order valence-electron chi connectivity index (χ3n) is 3.40. The van der Waals surface area contributed by atoms with Crippen LogP contribution in [0.2, 0.25) is 5.02 Å². The fourth-order valence-corrected chi connectivity index (χ4v) is 3.61. The van der Waals surface area contributed by atoms with Gasteiger partial charge in [-0.1, -0.05) is 18.0 Å². The number of anilines is 1. The molecule has 1 aromatic carbocycles. The van der Waals surface area contributed by atoms with Crippen LogP contribution in [0.15, 0.2) is 17.0 Å². The standard InChI is InChI=1S/C12H17ClN2O2S/c1-8-5-10(13)12(6-11(8)14)18(16,17)15-7-9-3-2-4-9/h5-6,9,15H,2-4,7,14H2,1H3. The van der Waals surface area contributed by atoms with Gasteiger partial charge in [-0.25, -0.2) is 13.1 Å². The van der Waals surface area contributed by atoms with Crippen molar-refractivity contribution in [2.75, 3.05) is 12.3 Å². The lowest BCUT2D eigenvalue weighted by Gasteiger charge is -2.25. The smallest absolute Gasteiger partial charge is 0.242 e. The molecule has 0 radical (unpaired) electrons. The zero-order valence-corrected chi connectivity index (χ0v) is 11.8. The summed E-state index contributed by atoms with van der Waals surface area (Å²) in [6.07, 6.45) is 3.36. The van der Waals surface area contributed by atoms with E-state index in [0.29, 0.717) is 18.2 Å².